The summed E-state index contributed by atoms with van der Waals surface area (Å²) in [7, 11) is 0. The van der Waals surface area contributed by atoms with Crippen molar-refractivity contribution in [2.75, 3.05) is 6.61 Å². The topological polar surface area (TPSA) is 38.7 Å². The Balaban J connectivity index is 2.33. The van der Waals surface area contributed by atoms with E-state index < -0.39 is 5.79 Å². The molecule has 0 unspecified atom stereocenters. The number of hydrogen-bond donors (Lipinski definition) is 1. The molecule has 1 aliphatic heterocycles. The fourth-order valence-corrected chi connectivity index (χ4v) is 2.80. The first-order valence-corrected chi connectivity index (χ1v) is 6.96. The molecule has 0 aliphatic carbocycles. The average Bonchev–Trinajstić information content (AvgIpc) is 2.38. The predicted molar refractivity (Wildman–Crippen MR) is 74.6 cm³/mol. The Morgan fingerprint density at radius 2 is 1.79 bits per heavy atom. The summed E-state index contributed by atoms with van der Waals surface area (Å²) in [4.78, 5) is 0. The van der Waals surface area contributed by atoms with Crippen LogP contribution in [0.5, 0.6) is 0 Å². The number of benzene rings is 1. The molecule has 0 aromatic heterocycles. The van der Waals surface area contributed by atoms with Gasteiger partial charge in [-0.15, -0.1) is 0 Å². The van der Waals surface area contributed by atoms with Crippen molar-refractivity contribution >= 4 is 0 Å². The van der Waals surface area contributed by atoms with E-state index in [2.05, 4.69) is 13.8 Å². The maximum atomic E-state index is 9.75. The number of ether oxygens (including phenoxy) is 2. The van der Waals surface area contributed by atoms with Crippen LogP contribution in [0.2, 0.25) is 0 Å². The molecule has 0 amide bonds. The van der Waals surface area contributed by atoms with Crippen molar-refractivity contribution < 1.29 is 14.6 Å². The molecule has 106 valence electrons. The lowest BCUT2D eigenvalue weighted by Crippen LogP contribution is -2.50. The van der Waals surface area contributed by atoms with Crippen LogP contribution in [0, 0.1) is 11.8 Å². The minimum Gasteiger partial charge on any atom is -0.396 e. The summed E-state index contributed by atoms with van der Waals surface area (Å²) in [5.41, 5.74) is 1.10. The van der Waals surface area contributed by atoms with Crippen molar-refractivity contribution in [1.29, 1.82) is 0 Å². The highest BCUT2D eigenvalue weighted by Gasteiger charge is 2.44. The molecule has 2 rings (SSSR count). The Bertz CT molecular complexity index is 400. The first-order valence-electron chi connectivity index (χ1n) is 6.96. The highest BCUT2D eigenvalue weighted by Crippen LogP contribution is 2.42. The van der Waals surface area contributed by atoms with Crippen molar-refractivity contribution in [3.05, 3.63) is 35.9 Å². The van der Waals surface area contributed by atoms with Gasteiger partial charge in [-0.25, -0.2) is 0 Å². The Labute approximate surface area is 115 Å². The van der Waals surface area contributed by atoms with Crippen molar-refractivity contribution in [2.24, 2.45) is 11.8 Å². The summed E-state index contributed by atoms with van der Waals surface area (Å²) in [6.45, 7) is 8.18. The molecule has 3 atom stereocenters. The van der Waals surface area contributed by atoms with Gasteiger partial charge in [0.15, 0.2) is 5.79 Å². The van der Waals surface area contributed by atoms with Crippen molar-refractivity contribution in [3.63, 3.8) is 0 Å². The standard InChI is InChI=1S/C16H24O3/c1-11(2)14-13(10-17)15(19-16(3,4)18-14)12-8-6-5-7-9-12/h5-9,11,13-15,17H,10H2,1-4H3/t13-,14-,15+/m0/s1. The van der Waals surface area contributed by atoms with Gasteiger partial charge in [0.2, 0.25) is 0 Å². The second kappa shape index (κ2) is 5.61. The molecule has 1 aromatic rings. The van der Waals surface area contributed by atoms with Crippen LogP contribution < -0.4 is 0 Å². The van der Waals surface area contributed by atoms with E-state index in [0.717, 1.165) is 5.56 Å². The maximum Gasteiger partial charge on any atom is 0.163 e. The van der Waals surface area contributed by atoms with Crippen molar-refractivity contribution in [3.8, 4) is 0 Å². The van der Waals surface area contributed by atoms with E-state index in [-0.39, 0.29) is 24.7 Å². The SMILES string of the molecule is CC(C)[C@@H]1OC(C)(C)O[C@H](c2ccccc2)[C@H]1CO. The number of rotatable bonds is 3. The zero-order valence-electron chi connectivity index (χ0n) is 12.2. The lowest BCUT2D eigenvalue weighted by molar-refractivity contribution is -0.334. The van der Waals surface area contributed by atoms with E-state index in [1.807, 2.05) is 44.2 Å². The molecule has 1 aromatic carbocycles. The Kier molecular flexibility index (Phi) is 4.29. The number of hydrogen-bond acceptors (Lipinski definition) is 3. The lowest BCUT2D eigenvalue weighted by atomic mass is 9.84. The van der Waals surface area contributed by atoms with Crippen molar-refractivity contribution in [1.82, 2.24) is 0 Å². The van der Waals surface area contributed by atoms with E-state index in [0.29, 0.717) is 5.92 Å². The third kappa shape index (κ3) is 3.16. The molecule has 3 heteroatoms. The molecule has 19 heavy (non-hydrogen) atoms. The Morgan fingerprint density at radius 1 is 1.16 bits per heavy atom. The van der Waals surface area contributed by atoms with Gasteiger partial charge in [0.05, 0.1) is 18.8 Å². The van der Waals surface area contributed by atoms with Crippen molar-refractivity contribution in [2.45, 2.75) is 45.7 Å². The second-order valence-electron chi connectivity index (χ2n) is 6.02. The summed E-state index contributed by atoms with van der Waals surface area (Å²) in [5.74, 6) is -0.317. The Morgan fingerprint density at radius 3 is 2.32 bits per heavy atom. The lowest BCUT2D eigenvalue weighted by Gasteiger charge is -2.47. The molecule has 1 aliphatic rings. The smallest absolute Gasteiger partial charge is 0.163 e. The third-order valence-electron chi connectivity index (χ3n) is 3.64. The highest BCUT2D eigenvalue weighted by atomic mass is 16.7. The van der Waals surface area contributed by atoms with Gasteiger partial charge in [-0.05, 0) is 25.3 Å². The Hall–Kier alpha value is -0.900. The van der Waals surface area contributed by atoms with Crippen LogP contribution in [-0.2, 0) is 9.47 Å². The zero-order valence-corrected chi connectivity index (χ0v) is 12.2. The van der Waals surface area contributed by atoms with E-state index in [1.54, 1.807) is 0 Å². The summed E-state index contributed by atoms with van der Waals surface area (Å²) < 4.78 is 12.1. The van der Waals surface area contributed by atoms with Crippen LogP contribution in [0.3, 0.4) is 0 Å². The van der Waals surface area contributed by atoms with Gasteiger partial charge in [-0.3, -0.25) is 0 Å². The molecule has 0 radical (unpaired) electrons. The van der Waals surface area contributed by atoms with Crippen LogP contribution in [0.1, 0.15) is 39.4 Å². The molecular formula is C16H24O3. The molecule has 1 heterocycles. The number of aliphatic hydroxyl groups is 1. The minimum atomic E-state index is -0.624. The van der Waals surface area contributed by atoms with Crippen LogP contribution in [0.25, 0.3) is 0 Å². The van der Waals surface area contributed by atoms with Gasteiger partial charge >= 0.3 is 0 Å². The average molecular weight is 264 g/mol. The normalized spacial score (nSPS) is 30.5. The second-order valence-corrected chi connectivity index (χ2v) is 6.02. The largest absolute Gasteiger partial charge is 0.396 e. The molecule has 1 N–H and O–H groups in total. The molecule has 0 saturated carbocycles. The van der Waals surface area contributed by atoms with Crippen LogP contribution in [0.15, 0.2) is 30.3 Å². The first kappa shape index (κ1) is 14.5. The fraction of sp³-hybridized carbons (Fsp3) is 0.625. The summed E-state index contributed by atoms with van der Waals surface area (Å²) >= 11 is 0. The van der Waals surface area contributed by atoms with E-state index >= 15 is 0 Å². The van der Waals surface area contributed by atoms with Gasteiger partial charge < -0.3 is 14.6 Å². The van der Waals surface area contributed by atoms with Gasteiger partial charge in [0.25, 0.3) is 0 Å². The molecule has 3 nitrogen and oxygen atoms in total. The predicted octanol–water partition coefficient (Wildman–Crippen LogP) is 3.14. The molecule has 0 spiro atoms. The van der Waals surface area contributed by atoms with Crippen LogP contribution >= 0.6 is 0 Å². The summed E-state index contributed by atoms with van der Waals surface area (Å²) in [6, 6.07) is 10.1. The monoisotopic (exact) mass is 264 g/mol. The third-order valence-corrected chi connectivity index (χ3v) is 3.64. The quantitative estimate of drug-likeness (QED) is 0.911. The van der Waals surface area contributed by atoms with Gasteiger partial charge in [-0.1, -0.05) is 44.2 Å². The molecular weight excluding hydrogens is 240 g/mol. The number of aliphatic hydroxyl groups excluding tert-OH is 1. The van der Waals surface area contributed by atoms with E-state index in [1.165, 1.54) is 0 Å². The highest BCUT2D eigenvalue weighted by molar-refractivity contribution is 5.19. The summed E-state index contributed by atoms with van der Waals surface area (Å²) in [6.07, 6.45) is -0.124. The van der Waals surface area contributed by atoms with E-state index in [4.69, 9.17) is 9.47 Å². The van der Waals surface area contributed by atoms with E-state index in [9.17, 15) is 5.11 Å². The van der Waals surface area contributed by atoms with Gasteiger partial charge in [-0.2, -0.15) is 0 Å². The maximum absolute atomic E-state index is 9.75. The van der Waals surface area contributed by atoms with Gasteiger partial charge in [0.1, 0.15) is 0 Å². The molecule has 1 fully saturated rings. The summed E-state index contributed by atoms with van der Waals surface area (Å²) in [5, 5.41) is 9.75. The molecule has 1 saturated heterocycles. The van der Waals surface area contributed by atoms with Gasteiger partial charge in [0, 0.05) is 5.92 Å². The minimum absolute atomic E-state index is 0.000967. The molecule has 0 bridgehead atoms. The van der Waals surface area contributed by atoms with Crippen LogP contribution in [-0.4, -0.2) is 23.6 Å². The zero-order chi connectivity index (χ0) is 14.0. The first-order chi connectivity index (χ1) is 8.94. The fourth-order valence-electron chi connectivity index (χ4n) is 2.80. The van der Waals surface area contributed by atoms with Crippen LogP contribution in [0.4, 0.5) is 0 Å².